The van der Waals surface area contributed by atoms with Gasteiger partial charge in [0.25, 0.3) is 0 Å². The summed E-state index contributed by atoms with van der Waals surface area (Å²) in [4.78, 5) is 10.4. The van der Waals surface area contributed by atoms with Crippen LogP contribution in [0.1, 0.15) is 29.9 Å². The SMILES string of the molecule is O=[C]CCC(c1ccccc1)c1ccccc1. The second-order valence-corrected chi connectivity index (χ2v) is 4.06. The third-order valence-corrected chi connectivity index (χ3v) is 2.94. The Morgan fingerprint density at radius 1 is 0.824 bits per heavy atom. The summed E-state index contributed by atoms with van der Waals surface area (Å²) in [5.74, 6) is 0.291. The maximum Gasteiger partial charge on any atom is 0.198 e. The fraction of sp³-hybridized carbons (Fsp3) is 0.188. The first-order valence-electron chi connectivity index (χ1n) is 5.86. The Morgan fingerprint density at radius 2 is 1.29 bits per heavy atom. The van der Waals surface area contributed by atoms with Gasteiger partial charge in [0.1, 0.15) is 0 Å². The Balaban J connectivity index is 2.29. The van der Waals surface area contributed by atoms with E-state index in [4.69, 9.17) is 0 Å². The predicted octanol–water partition coefficient (Wildman–Crippen LogP) is 3.71. The van der Waals surface area contributed by atoms with Crippen LogP contribution in [0.15, 0.2) is 60.7 Å². The largest absolute Gasteiger partial charge is 0.291 e. The van der Waals surface area contributed by atoms with E-state index in [0.29, 0.717) is 12.3 Å². The molecule has 2 rings (SSSR count). The predicted molar refractivity (Wildman–Crippen MR) is 69.7 cm³/mol. The Hall–Kier alpha value is -1.89. The Kier molecular flexibility index (Phi) is 4.09. The molecule has 0 aromatic heterocycles. The van der Waals surface area contributed by atoms with Crippen LogP contribution in [0.4, 0.5) is 0 Å². The summed E-state index contributed by atoms with van der Waals surface area (Å²) in [5.41, 5.74) is 2.52. The Morgan fingerprint density at radius 3 is 1.71 bits per heavy atom. The molecule has 0 heterocycles. The average molecular weight is 223 g/mol. The highest BCUT2D eigenvalue weighted by Crippen LogP contribution is 2.28. The quantitative estimate of drug-likeness (QED) is 0.755. The van der Waals surface area contributed by atoms with Gasteiger partial charge in [-0.1, -0.05) is 60.7 Å². The van der Waals surface area contributed by atoms with E-state index in [2.05, 4.69) is 24.3 Å². The van der Waals surface area contributed by atoms with Gasteiger partial charge in [-0.3, -0.25) is 4.79 Å². The van der Waals surface area contributed by atoms with Crippen molar-refractivity contribution >= 4 is 6.29 Å². The number of benzene rings is 2. The maximum atomic E-state index is 10.4. The number of hydrogen-bond donors (Lipinski definition) is 0. The second kappa shape index (κ2) is 6.00. The molecule has 0 aliphatic rings. The zero-order valence-corrected chi connectivity index (χ0v) is 9.67. The lowest BCUT2D eigenvalue weighted by atomic mass is 9.88. The molecule has 0 bridgehead atoms. The molecular formula is C16H15O. The molecule has 0 spiro atoms. The zero-order chi connectivity index (χ0) is 11.9. The van der Waals surface area contributed by atoms with Gasteiger partial charge in [0.05, 0.1) is 0 Å². The molecule has 1 heteroatoms. The fourth-order valence-corrected chi connectivity index (χ4v) is 2.10. The molecule has 0 atom stereocenters. The lowest BCUT2D eigenvalue weighted by Crippen LogP contribution is -2.01. The summed E-state index contributed by atoms with van der Waals surface area (Å²) in [5, 5.41) is 0. The van der Waals surface area contributed by atoms with Crippen molar-refractivity contribution < 1.29 is 4.79 Å². The van der Waals surface area contributed by atoms with Crippen molar-refractivity contribution in [3.63, 3.8) is 0 Å². The van der Waals surface area contributed by atoms with Gasteiger partial charge in [-0.05, 0) is 17.5 Å². The smallest absolute Gasteiger partial charge is 0.198 e. The highest BCUT2D eigenvalue weighted by Gasteiger charge is 2.12. The van der Waals surface area contributed by atoms with Gasteiger partial charge in [-0.15, -0.1) is 0 Å². The molecule has 2 aromatic rings. The van der Waals surface area contributed by atoms with E-state index in [1.165, 1.54) is 11.1 Å². The minimum Gasteiger partial charge on any atom is -0.291 e. The molecule has 1 nitrogen and oxygen atoms in total. The van der Waals surface area contributed by atoms with E-state index >= 15 is 0 Å². The van der Waals surface area contributed by atoms with Gasteiger partial charge < -0.3 is 0 Å². The Labute approximate surface area is 102 Å². The minimum atomic E-state index is 0.291. The van der Waals surface area contributed by atoms with Gasteiger partial charge in [0, 0.05) is 12.3 Å². The van der Waals surface area contributed by atoms with Gasteiger partial charge in [-0.2, -0.15) is 0 Å². The van der Waals surface area contributed by atoms with Gasteiger partial charge in [0.2, 0.25) is 0 Å². The summed E-state index contributed by atoms with van der Waals surface area (Å²) in [6.07, 6.45) is 3.29. The summed E-state index contributed by atoms with van der Waals surface area (Å²) < 4.78 is 0. The van der Waals surface area contributed by atoms with Crippen molar-refractivity contribution in [1.82, 2.24) is 0 Å². The third kappa shape index (κ3) is 3.04. The van der Waals surface area contributed by atoms with Crippen molar-refractivity contribution in [2.24, 2.45) is 0 Å². The van der Waals surface area contributed by atoms with Crippen LogP contribution in [-0.2, 0) is 4.79 Å². The van der Waals surface area contributed by atoms with Crippen LogP contribution in [0.2, 0.25) is 0 Å². The summed E-state index contributed by atoms with van der Waals surface area (Å²) in [6, 6.07) is 20.6. The van der Waals surface area contributed by atoms with Crippen LogP contribution < -0.4 is 0 Å². The highest BCUT2D eigenvalue weighted by molar-refractivity contribution is 5.51. The lowest BCUT2D eigenvalue weighted by Gasteiger charge is -2.16. The molecule has 0 saturated heterocycles. The van der Waals surface area contributed by atoms with Gasteiger partial charge in [-0.25, -0.2) is 0 Å². The normalized spacial score (nSPS) is 10.4. The zero-order valence-electron chi connectivity index (χ0n) is 9.67. The molecule has 1 radical (unpaired) electrons. The molecule has 2 aromatic carbocycles. The molecule has 0 fully saturated rings. The molecular weight excluding hydrogens is 208 g/mol. The number of rotatable bonds is 5. The van der Waals surface area contributed by atoms with E-state index in [1.807, 2.05) is 42.7 Å². The number of hydrogen-bond acceptors (Lipinski definition) is 1. The summed E-state index contributed by atoms with van der Waals surface area (Å²) in [6.45, 7) is 0. The van der Waals surface area contributed by atoms with E-state index in [1.54, 1.807) is 0 Å². The van der Waals surface area contributed by atoms with Crippen LogP contribution in [0.5, 0.6) is 0 Å². The van der Waals surface area contributed by atoms with Crippen LogP contribution in [0.25, 0.3) is 0 Å². The fourth-order valence-electron chi connectivity index (χ4n) is 2.10. The van der Waals surface area contributed by atoms with Crippen LogP contribution in [0, 0.1) is 0 Å². The van der Waals surface area contributed by atoms with E-state index < -0.39 is 0 Å². The second-order valence-electron chi connectivity index (χ2n) is 4.06. The molecule has 17 heavy (non-hydrogen) atoms. The topological polar surface area (TPSA) is 17.1 Å². The highest BCUT2D eigenvalue weighted by atomic mass is 16.1. The van der Waals surface area contributed by atoms with Crippen molar-refractivity contribution in [2.45, 2.75) is 18.8 Å². The van der Waals surface area contributed by atoms with Crippen LogP contribution in [0.3, 0.4) is 0 Å². The first-order valence-corrected chi connectivity index (χ1v) is 5.86. The van der Waals surface area contributed by atoms with Crippen molar-refractivity contribution in [1.29, 1.82) is 0 Å². The molecule has 0 amide bonds. The van der Waals surface area contributed by atoms with Gasteiger partial charge >= 0.3 is 0 Å². The van der Waals surface area contributed by atoms with E-state index in [0.717, 1.165) is 6.42 Å². The molecule has 0 aliphatic carbocycles. The van der Waals surface area contributed by atoms with Gasteiger partial charge in [0.15, 0.2) is 6.29 Å². The van der Waals surface area contributed by atoms with Crippen molar-refractivity contribution in [2.75, 3.05) is 0 Å². The van der Waals surface area contributed by atoms with Crippen LogP contribution in [-0.4, -0.2) is 6.29 Å². The Bertz CT molecular complexity index is 408. The molecule has 0 unspecified atom stereocenters. The first kappa shape index (κ1) is 11.6. The summed E-state index contributed by atoms with van der Waals surface area (Å²) >= 11 is 0. The first-order chi connectivity index (χ1) is 8.42. The monoisotopic (exact) mass is 223 g/mol. The molecule has 85 valence electrons. The standard InChI is InChI=1S/C16H15O/c17-13-7-12-16(14-8-3-1-4-9-14)15-10-5-2-6-11-15/h1-6,8-11,16H,7,12H2. The van der Waals surface area contributed by atoms with Crippen molar-refractivity contribution in [3.05, 3.63) is 71.8 Å². The molecule has 0 aliphatic heterocycles. The lowest BCUT2D eigenvalue weighted by molar-refractivity contribution is 0.545. The minimum absolute atomic E-state index is 0.291. The third-order valence-electron chi connectivity index (χ3n) is 2.94. The average Bonchev–Trinajstić information content (AvgIpc) is 2.42. The maximum absolute atomic E-state index is 10.4. The van der Waals surface area contributed by atoms with E-state index in [9.17, 15) is 4.79 Å². The van der Waals surface area contributed by atoms with Crippen molar-refractivity contribution in [3.8, 4) is 0 Å². The van der Waals surface area contributed by atoms with E-state index in [-0.39, 0.29) is 0 Å². The molecule has 0 saturated carbocycles. The summed E-state index contributed by atoms with van der Waals surface area (Å²) in [7, 11) is 0. The van der Waals surface area contributed by atoms with Crippen LogP contribution >= 0.6 is 0 Å². The number of carbonyl (C=O) groups excluding carboxylic acids is 1. The molecule has 0 N–H and O–H groups in total.